The molecule has 0 aliphatic heterocycles. The fourth-order valence-corrected chi connectivity index (χ4v) is 3.62. The van der Waals surface area contributed by atoms with Crippen LogP contribution in [0.2, 0.25) is 0 Å². The molecule has 30 heavy (non-hydrogen) atoms. The van der Waals surface area contributed by atoms with E-state index in [9.17, 15) is 13.9 Å². The summed E-state index contributed by atoms with van der Waals surface area (Å²) >= 11 is 0. The first-order chi connectivity index (χ1) is 14.4. The lowest BCUT2D eigenvalue weighted by Gasteiger charge is -2.35. The van der Waals surface area contributed by atoms with Crippen LogP contribution in [0, 0.1) is 18.6 Å². The lowest BCUT2D eigenvalue weighted by atomic mass is 9.77. The van der Waals surface area contributed by atoms with Crippen LogP contribution in [0.1, 0.15) is 29.7 Å². The highest BCUT2D eigenvalue weighted by Crippen LogP contribution is 2.40. The minimum absolute atomic E-state index is 0.0108. The smallest absolute Gasteiger partial charge is 0.137 e. The van der Waals surface area contributed by atoms with Crippen LogP contribution in [0.25, 0.3) is 11.3 Å². The van der Waals surface area contributed by atoms with Crippen molar-refractivity contribution in [3.8, 4) is 11.3 Å². The monoisotopic (exact) mass is 410 g/mol. The van der Waals surface area contributed by atoms with Gasteiger partial charge >= 0.3 is 0 Å². The molecule has 0 spiro atoms. The maximum Gasteiger partial charge on any atom is 0.137 e. The van der Waals surface area contributed by atoms with Gasteiger partial charge in [-0.25, -0.2) is 18.4 Å². The summed E-state index contributed by atoms with van der Waals surface area (Å²) in [5.74, 6) is -2.08. The molecule has 154 valence electrons. The van der Waals surface area contributed by atoms with Crippen molar-refractivity contribution in [1.29, 1.82) is 0 Å². The summed E-state index contributed by atoms with van der Waals surface area (Å²) < 4.78 is 29.6. The number of benzene rings is 2. The zero-order valence-corrected chi connectivity index (χ0v) is 16.4. The molecule has 0 aliphatic rings. The van der Waals surface area contributed by atoms with Crippen molar-refractivity contribution >= 4 is 0 Å². The van der Waals surface area contributed by atoms with Crippen LogP contribution < -0.4 is 0 Å². The van der Waals surface area contributed by atoms with E-state index in [1.807, 2.05) is 31.2 Å². The molecular weight excluding hydrogens is 390 g/mol. The lowest BCUT2D eigenvalue weighted by Crippen LogP contribution is -2.38. The fraction of sp³-hybridized carbons (Fsp3) is 0.238. The van der Waals surface area contributed by atoms with E-state index in [2.05, 4.69) is 25.5 Å². The average molecular weight is 410 g/mol. The zero-order chi connectivity index (χ0) is 21.3. The molecule has 4 aromatic rings. The first-order valence-corrected chi connectivity index (χ1v) is 9.36. The lowest BCUT2D eigenvalue weighted by molar-refractivity contribution is -0.0112. The molecule has 2 atom stereocenters. The number of nitrogens with zero attached hydrogens (tertiary/aromatic N) is 5. The quantitative estimate of drug-likeness (QED) is 0.509. The molecule has 9 heteroatoms. The predicted molar refractivity (Wildman–Crippen MR) is 105 cm³/mol. The van der Waals surface area contributed by atoms with Crippen molar-refractivity contribution in [3.05, 3.63) is 83.6 Å². The van der Waals surface area contributed by atoms with Gasteiger partial charge in [-0.1, -0.05) is 37.3 Å². The molecular formula is C21H20F2N6O. The van der Waals surface area contributed by atoms with Gasteiger partial charge in [-0.05, 0) is 18.6 Å². The molecule has 0 aliphatic carbocycles. The van der Waals surface area contributed by atoms with Gasteiger partial charge in [-0.15, -0.1) is 0 Å². The van der Waals surface area contributed by atoms with Crippen molar-refractivity contribution in [1.82, 2.24) is 30.2 Å². The van der Waals surface area contributed by atoms with Crippen LogP contribution in [0.5, 0.6) is 0 Å². The number of aliphatic hydroxyl groups is 1. The molecule has 2 aromatic carbocycles. The number of hydrogen-bond acceptors (Lipinski definition) is 5. The number of rotatable bonds is 6. The van der Waals surface area contributed by atoms with Gasteiger partial charge in [0.2, 0.25) is 0 Å². The third-order valence-corrected chi connectivity index (χ3v) is 5.39. The van der Waals surface area contributed by atoms with Crippen molar-refractivity contribution in [2.45, 2.75) is 31.9 Å². The summed E-state index contributed by atoms with van der Waals surface area (Å²) in [7, 11) is 0. The predicted octanol–water partition coefficient (Wildman–Crippen LogP) is 3.34. The number of aromatic nitrogens is 6. The number of halogens is 2. The van der Waals surface area contributed by atoms with E-state index in [0.29, 0.717) is 0 Å². The van der Waals surface area contributed by atoms with Gasteiger partial charge < -0.3 is 5.11 Å². The molecule has 2 aromatic heterocycles. The second-order valence-corrected chi connectivity index (χ2v) is 7.24. The zero-order valence-electron chi connectivity index (χ0n) is 16.4. The van der Waals surface area contributed by atoms with E-state index in [1.165, 1.54) is 23.4 Å². The molecule has 2 unspecified atom stereocenters. The van der Waals surface area contributed by atoms with Crippen molar-refractivity contribution in [2.24, 2.45) is 0 Å². The van der Waals surface area contributed by atoms with E-state index >= 15 is 0 Å². The Hall–Kier alpha value is -3.46. The Labute approximate surface area is 171 Å². The van der Waals surface area contributed by atoms with Crippen LogP contribution in [-0.4, -0.2) is 35.3 Å². The topological polar surface area (TPSA) is 92.5 Å². The highest BCUT2D eigenvalue weighted by Gasteiger charge is 2.40. The van der Waals surface area contributed by atoms with Crippen LogP contribution in [-0.2, 0) is 12.1 Å². The second kappa shape index (κ2) is 7.75. The number of aromatic amines is 1. The van der Waals surface area contributed by atoms with Crippen LogP contribution in [0.3, 0.4) is 0 Å². The maximum absolute atomic E-state index is 14.7. The van der Waals surface area contributed by atoms with Crippen molar-refractivity contribution in [2.75, 3.05) is 0 Å². The van der Waals surface area contributed by atoms with Crippen LogP contribution in [0.15, 0.2) is 55.1 Å². The summed E-state index contributed by atoms with van der Waals surface area (Å²) in [6.45, 7) is 3.58. The van der Waals surface area contributed by atoms with Crippen LogP contribution in [0.4, 0.5) is 8.78 Å². The molecule has 0 fully saturated rings. The highest BCUT2D eigenvalue weighted by molar-refractivity contribution is 5.61. The molecule has 2 N–H and O–H groups in total. The summed E-state index contributed by atoms with van der Waals surface area (Å²) in [4.78, 5) is 3.89. The number of aryl methyl sites for hydroxylation is 1. The van der Waals surface area contributed by atoms with E-state index in [0.717, 1.165) is 34.6 Å². The fourth-order valence-electron chi connectivity index (χ4n) is 3.62. The summed E-state index contributed by atoms with van der Waals surface area (Å²) in [5, 5.41) is 26.5. The van der Waals surface area contributed by atoms with E-state index < -0.39 is 23.2 Å². The third kappa shape index (κ3) is 3.59. The summed E-state index contributed by atoms with van der Waals surface area (Å²) in [6, 6.07) is 10.6. The first kappa shape index (κ1) is 19.8. The molecule has 0 saturated heterocycles. The standard InChI is InChI=1S/C21H20F2N6O/c1-13(15-3-5-16(6-4-15)20-14(2)26-28-27-20)21(30,10-29-12-24-11-25-29)18-8-7-17(22)9-19(18)23/h3-9,11-13,30H,10H2,1-2H3,(H,26,27,28). The molecule has 0 radical (unpaired) electrons. The Kier molecular flexibility index (Phi) is 5.13. The molecule has 0 amide bonds. The maximum atomic E-state index is 14.7. The normalized spacial score (nSPS) is 14.4. The van der Waals surface area contributed by atoms with Gasteiger partial charge in [0.1, 0.15) is 35.6 Å². The minimum Gasteiger partial charge on any atom is -0.382 e. The molecule has 0 bridgehead atoms. The Morgan fingerprint density at radius 3 is 2.50 bits per heavy atom. The van der Waals surface area contributed by atoms with E-state index in [1.54, 1.807) is 6.92 Å². The number of nitrogens with one attached hydrogen (secondary N) is 1. The molecule has 7 nitrogen and oxygen atoms in total. The molecule has 4 rings (SSSR count). The SMILES string of the molecule is Cc1n[nH]nc1-c1ccc(C(C)C(O)(Cn2cncn2)c2ccc(F)cc2F)cc1. The largest absolute Gasteiger partial charge is 0.382 e. The van der Waals surface area contributed by atoms with Crippen LogP contribution >= 0.6 is 0 Å². The second-order valence-electron chi connectivity index (χ2n) is 7.24. The number of hydrogen-bond donors (Lipinski definition) is 2. The Bertz CT molecular complexity index is 1140. The van der Waals surface area contributed by atoms with Gasteiger partial charge in [0, 0.05) is 23.1 Å². The van der Waals surface area contributed by atoms with Gasteiger partial charge in [0.15, 0.2) is 0 Å². The summed E-state index contributed by atoms with van der Waals surface area (Å²) in [6.07, 6.45) is 2.77. The minimum atomic E-state index is -1.70. The average Bonchev–Trinajstić information content (AvgIpc) is 3.39. The molecule has 0 saturated carbocycles. The Balaban J connectivity index is 1.74. The third-order valence-electron chi connectivity index (χ3n) is 5.39. The number of H-pyrrole nitrogens is 1. The van der Waals surface area contributed by atoms with Gasteiger partial charge in [-0.2, -0.15) is 20.5 Å². The van der Waals surface area contributed by atoms with Gasteiger partial charge in [0.05, 0.1) is 12.2 Å². The Morgan fingerprint density at radius 1 is 1.13 bits per heavy atom. The summed E-state index contributed by atoms with van der Waals surface area (Å²) in [5.41, 5.74) is 1.43. The van der Waals surface area contributed by atoms with Gasteiger partial charge in [-0.3, -0.25) is 0 Å². The van der Waals surface area contributed by atoms with E-state index in [-0.39, 0.29) is 12.1 Å². The first-order valence-electron chi connectivity index (χ1n) is 9.36. The van der Waals surface area contributed by atoms with Crippen molar-refractivity contribution in [3.63, 3.8) is 0 Å². The van der Waals surface area contributed by atoms with E-state index in [4.69, 9.17) is 0 Å². The van der Waals surface area contributed by atoms with Gasteiger partial charge in [0.25, 0.3) is 0 Å². The Morgan fingerprint density at radius 2 is 1.90 bits per heavy atom. The van der Waals surface area contributed by atoms with Crippen molar-refractivity contribution < 1.29 is 13.9 Å². The molecule has 2 heterocycles. The highest BCUT2D eigenvalue weighted by atomic mass is 19.1.